The molecule has 1 atom stereocenters. The Hall–Kier alpha value is -0.570. The van der Waals surface area contributed by atoms with Crippen LogP contribution in [0.4, 0.5) is 0 Å². The van der Waals surface area contributed by atoms with Crippen molar-refractivity contribution in [1.82, 2.24) is 4.90 Å². The van der Waals surface area contributed by atoms with Gasteiger partial charge in [0.25, 0.3) is 0 Å². The van der Waals surface area contributed by atoms with Crippen molar-refractivity contribution in [2.75, 3.05) is 13.1 Å². The maximum atomic E-state index is 10.6. The Morgan fingerprint density at radius 2 is 2.21 bits per heavy atom. The summed E-state index contributed by atoms with van der Waals surface area (Å²) in [5.41, 5.74) is 0.254. The van der Waals surface area contributed by atoms with Crippen molar-refractivity contribution < 1.29 is 9.90 Å². The second-order valence-electron chi connectivity index (χ2n) is 4.85. The number of likely N-dealkylation sites (tertiary alicyclic amines) is 1. The maximum Gasteiger partial charge on any atom is 0.303 e. The number of aliphatic carboxylic acids is 1. The largest absolute Gasteiger partial charge is 0.481 e. The Morgan fingerprint density at radius 3 is 2.71 bits per heavy atom. The zero-order valence-corrected chi connectivity index (χ0v) is 9.42. The molecule has 0 aliphatic carbocycles. The number of hydrogen-bond acceptors (Lipinski definition) is 2. The molecule has 0 amide bonds. The molecule has 0 aromatic heterocycles. The monoisotopic (exact) mass is 199 g/mol. The first-order valence-electron chi connectivity index (χ1n) is 5.42. The summed E-state index contributed by atoms with van der Waals surface area (Å²) < 4.78 is 0. The van der Waals surface area contributed by atoms with Crippen LogP contribution in [0.3, 0.4) is 0 Å². The number of carbonyl (C=O) groups is 1. The van der Waals surface area contributed by atoms with Gasteiger partial charge in [-0.15, -0.1) is 0 Å². The molecular weight excluding hydrogens is 178 g/mol. The lowest BCUT2D eigenvalue weighted by Gasteiger charge is -2.45. The van der Waals surface area contributed by atoms with Crippen LogP contribution in [-0.2, 0) is 4.79 Å². The van der Waals surface area contributed by atoms with Gasteiger partial charge in [-0.25, -0.2) is 0 Å². The first-order valence-corrected chi connectivity index (χ1v) is 5.42. The molecule has 0 aromatic carbocycles. The van der Waals surface area contributed by atoms with E-state index >= 15 is 0 Å². The highest BCUT2D eigenvalue weighted by molar-refractivity contribution is 5.67. The summed E-state index contributed by atoms with van der Waals surface area (Å²) in [5.74, 6) is -0.314. The Morgan fingerprint density at radius 1 is 1.57 bits per heavy atom. The molecule has 0 aromatic rings. The normalized spacial score (nSPS) is 27.5. The lowest BCUT2D eigenvalue weighted by molar-refractivity contribution is -0.139. The van der Waals surface area contributed by atoms with Gasteiger partial charge in [-0.2, -0.15) is 0 Å². The zero-order chi connectivity index (χ0) is 10.8. The van der Waals surface area contributed by atoms with Crippen molar-refractivity contribution in [3.8, 4) is 0 Å². The Kier molecular flexibility index (Phi) is 3.53. The third kappa shape index (κ3) is 2.71. The molecule has 0 bridgehead atoms. The van der Waals surface area contributed by atoms with Crippen molar-refractivity contribution in [2.24, 2.45) is 5.92 Å². The summed E-state index contributed by atoms with van der Waals surface area (Å²) in [4.78, 5) is 13.0. The van der Waals surface area contributed by atoms with Crippen LogP contribution in [0.5, 0.6) is 0 Å². The van der Waals surface area contributed by atoms with Gasteiger partial charge < -0.3 is 5.11 Å². The molecule has 3 nitrogen and oxygen atoms in total. The molecule has 1 fully saturated rings. The number of piperidine rings is 1. The first kappa shape index (κ1) is 11.5. The number of carboxylic acid groups (broad SMARTS) is 1. The van der Waals surface area contributed by atoms with Gasteiger partial charge in [-0.3, -0.25) is 9.69 Å². The second-order valence-corrected chi connectivity index (χ2v) is 4.85. The zero-order valence-electron chi connectivity index (χ0n) is 9.42. The molecular formula is C11H21NO2. The van der Waals surface area contributed by atoms with E-state index in [0.717, 1.165) is 25.9 Å². The molecule has 3 heteroatoms. The fraction of sp³-hybridized carbons (Fsp3) is 0.909. The van der Waals surface area contributed by atoms with Crippen molar-refractivity contribution in [3.63, 3.8) is 0 Å². The molecule has 1 aliphatic heterocycles. The van der Waals surface area contributed by atoms with E-state index < -0.39 is 5.97 Å². The van der Waals surface area contributed by atoms with Gasteiger partial charge in [-0.05, 0) is 39.2 Å². The second kappa shape index (κ2) is 4.30. The van der Waals surface area contributed by atoms with E-state index in [4.69, 9.17) is 5.11 Å². The molecule has 1 N–H and O–H groups in total. The first-order chi connectivity index (χ1) is 6.45. The fourth-order valence-electron chi connectivity index (χ4n) is 2.34. The van der Waals surface area contributed by atoms with Crippen LogP contribution in [0.25, 0.3) is 0 Å². The highest BCUT2D eigenvalue weighted by Crippen LogP contribution is 2.31. The van der Waals surface area contributed by atoms with Crippen LogP contribution in [0, 0.1) is 5.92 Å². The topological polar surface area (TPSA) is 40.5 Å². The maximum absolute atomic E-state index is 10.6. The molecule has 14 heavy (non-hydrogen) atoms. The average molecular weight is 199 g/mol. The van der Waals surface area contributed by atoms with Crippen LogP contribution in [0.2, 0.25) is 0 Å². The van der Waals surface area contributed by atoms with Gasteiger partial charge in [0.1, 0.15) is 0 Å². The van der Waals surface area contributed by atoms with E-state index in [0.29, 0.717) is 12.3 Å². The van der Waals surface area contributed by atoms with Gasteiger partial charge in [0, 0.05) is 18.5 Å². The summed E-state index contributed by atoms with van der Waals surface area (Å²) in [6.45, 7) is 8.59. The smallest absolute Gasteiger partial charge is 0.303 e. The van der Waals surface area contributed by atoms with Gasteiger partial charge in [0.05, 0.1) is 0 Å². The SMILES string of the molecule is CCN1CC(CC(=O)O)CCC1(C)C. The summed E-state index contributed by atoms with van der Waals surface area (Å²) >= 11 is 0. The van der Waals surface area contributed by atoms with Gasteiger partial charge >= 0.3 is 5.97 Å². The molecule has 0 saturated carbocycles. The van der Waals surface area contributed by atoms with Crippen molar-refractivity contribution in [1.29, 1.82) is 0 Å². The molecule has 82 valence electrons. The Balaban J connectivity index is 2.53. The molecule has 1 unspecified atom stereocenters. The van der Waals surface area contributed by atoms with Gasteiger partial charge in [0.15, 0.2) is 0 Å². The van der Waals surface area contributed by atoms with Crippen LogP contribution in [0.1, 0.15) is 40.0 Å². The minimum Gasteiger partial charge on any atom is -0.481 e. The molecule has 1 saturated heterocycles. The Bertz CT molecular complexity index is 213. The summed E-state index contributed by atoms with van der Waals surface area (Å²) in [6.07, 6.45) is 2.49. The van der Waals surface area contributed by atoms with E-state index in [1.807, 2.05) is 0 Å². The number of rotatable bonds is 3. The molecule has 1 aliphatic rings. The van der Waals surface area contributed by atoms with Crippen LogP contribution >= 0.6 is 0 Å². The third-order valence-corrected chi connectivity index (χ3v) is 3.34. The molecule has 0 radical (unpaired) electrons. The third-order valence-electron chi connectivity index (χ3n) is 3.34. The quantitative estimate of drug-likeness (QED) is 0.755. The number of carboxylic acids is 1. The predicted octanol–water partition coefficient (Wildman–Crippen LogP) is 1.97. The van der Waals surface area contributed by atoms with E-state index in [1.54, 1.807) is 0 Å². The van der Waals surface area contributed by atoms with Gasteiger partial charge in [0.2, 0.25) is 0 Å². The number of nitrogens with zero attached hydrogens (tertiary/aromatic N) is 1. The fourth-order valence-corrected chi connectivity index (χ4v) is 2.34. The molecule has 1 heterocycles. The molecule has 0 spiro atoms. The van der Waals surface area contributed by atoms with Gasteiger partial charge in [-0.1, -0.05) is 6.92 Å². The summed E-state index contributed by atoms with van der Waals surface area (Å²) in [5, 5.41) is 8.74. The van der Waals surface area contributed by atoms with Crippen molar-refractivity contribution in [3.05, 3.63) is 0 Å². The predicted molar refractivity (Wildman–Crippen MR) is 56.3 cm³/mol. The highest BCUT2D eigenvalue weighted by atomic mass is 16.4. The van der Waals surface area contributed by atoms with Crippen molar-refractivity contribution in [2.45, 2.75) is 45.6 Å². The van der Waals surface area contributed by atoms with Crippen LogP contribution in [-0.4, -0.2) is 34.6 Å². The summed E-state index contributed by atoms with van der Waals surface area (Å²) in [6, 6.07) is 0. The summed E-state index contributed by atoms with van der Waals surface area (Å²) in [7, 11) is 0. The van der Waals surface area contributed by atoms with Crippen LogP contribution < -0.4 is 0 Å². The minimum atomic E-state index is -0.661. The minimum absolute atomic E-state index is 0.254. The highest BCUT2D eigenvalue weighted by Gasteiger charge is 2.33. The van der Waals surface area contributed by atoms with E-state index in [1.165, 1.54) is 0 Å². The van der Waals surface area contributed by atoms with E-state index in [-0.39, 0.29) is 5.54 Å². The average Bonchev–Trinajstić information content (AvgIpc) is 2.07. The van der Waals surface area contributed by atoms with Crippen molar-refractivity contribution >= 4 is 5.97 Å². The van der Waals surface area contributed by atoms with E-state index in [2.05, 4.69) is 25.7 Å². The standard InChI is InChI=1S/C11H21NO2/c1-4-12-8-9(7-10(13)14)5-6-11(12,2)3/h9H,4-8H2,1-3H3,(H,13,14). The Labute approximate surface area is 86.1 Å². The lowest BCUT2D eigenvalue weighted by Crippen LogP contribution is -2.50. The number of hydrogen-bond donors (Lipinski definition) is 1. The molecule has 1 rings (SSSR count). The van der Waals surface area contributed by atoms with Crippen LogP contribution in [0.15, 0.2) is 0 Å². The van der Waals surface area contributed by atoms with E-state index in [9.17, 15) is 4.79 Å². The lowest BCUT2D eigenvalue weighted by atomic mass is 9.83.